The standard InChI is InChI=1S/C17H18N2O3S2/c1-10-7-11(2)9-14(8-10)19-24(20,21)17-13(4)23-12(3)16(17)15-5-6-18-22-15/h5-9,19H,1-4H3. The van der Waals surface area contributed by atoms with E-state index >= 15 is 0 Å². The second kappa shape index (κ2) is 6.07. The molecule has 0 atom stereocenters. The van der Waals surface area contributed by atoms with Crippen LogP contribution in [0.1, 0.15) is 20.9 Å². The van der Waals surface area contributed by atoms with Crippen molar-refractivity contribution in [2.75, 3.05) is 4.72 Å². The fourth-order valence-electron chi connectivity index (χ4n) is 2.86. The lowest BCUT2D eigenvalue weighted by Gasteiger charge is -2.11. The van der Waals surface area contributed by atoms with Crippen molar-refractivity contribution in [2.45, 2.75) is 32.6 Å². The molecule has 0 bridgehead atoms. The summed E-state index contributed by atoms with van der Waals surface area (Å²) in [6.45, 7) is 7.55. The van der Waals surface area contributed by atoms with E-state index in [4.69, 9.17) is 4.52 Å². The fraction of sp³-hybridized carbons (Fsp3) is 0.235. The molecule has 2 heterocycles. The van der Waals surface area contributed by atoms with Crippen molar-refractivity contribution >= 4 is 27.0 Å². The molecule has 0 aliphatic heterocycles. The van der Waals surface area contributed by atoms with Crippen LogP contribution in [0.25, 0.3) is 11.3 Å². The van der Waals surface area contributed by atoms with E-state index in [2.05, 4.69) is 9.88 Å². The number of rotatable bonds is 4. The zero-order valence-electron chi connectivity index (χ0n) is 13.9. The summed E-state index contributed by atoms with van der Waals surface area (Å²) >= 11 is 1.43. The first-order valence-electron chi connectivity index (χ1n) is 7.40. The maximum Gasteiger partial charge on any atom is 0.263 e. The van der Waals surface area contributed by atoms with Crippen LogP contribution in [0.15, 0.2) is 39.9 Å². The lowest BCUT2D eigenvalue weighted by molar-refractivity contribution is 0.431. The van der Waals surface area contributed by atoms with Crippen molar-refractivity contribution in [2.24, 2.45) is 0 Å². The number of aryl methyl sites for hydroxylation is 4. The molecule has 1 aromatic carbocycles. The first-order valence-corrected chi connectivity index (χ1v) is 9.70. The molecule has 0 aliphatic rings. The first kappa shape index (κ1) is 16.7. The molecule has 5 nitrogen and oxygen atoms in total. The Hall–Kier alpha value is -2.12. The van der Waals surface area contributed by atoms with Gasteiger partial charge in [0.15, 0.2) is 5.76 Å². The molecular formula is C17H18N2O3S2. The summed E-state index contributed by atoms with van der Waals surface area (Å²) in [5.74, 6) is 0.456. The highest BCUT2D eigenvalue weighted by molar-refractivity contribution is 7.93. The van der Waals surface area contributed by atoms with Crippen LogP contribution in [-0.4, -0.2) is 13.6 Å². The molecule has 0 aliphatic carbocycles. The summed E-state index contributed by atoms with van der Waals surface area (Å²) in [4.78, 5) is 1.85. The molecule has 126 valence electrons. The topological polar surface area (TPSA) is 72.2 Å². The zero-order valence-corrected chi connectivity index (χ0v) is 15.5. The van der Waals surface area contributed by atoms with Crippen molar-refractivity contribution < 1.29 is 12.9 Å². The Morgan fingerprint density at radius 3 is 2.29 bits per heavy atom. The van der Waals surface area contributed by atoms with Crippen LogP contribution in [0.5, 0.6) is 0 Å². The molecule has 0 unspecified atom stereocenters. The van der Waals surface area contributed by atoms with E-state index < -0.39 is 10.0 Å². The highest BCUT2D eigenvalue weighted by Crippen LogP contribution is 2.39. The van der Waals surface area contributed by atoms with Crippen molar-refractivity contribution in [1.82, 2.24) is 5.16 Å². The smallest absolute Gasteiger partial charge is 0.263 e. The van der Waals surface area contributed by atoms with Gasteiger partial charge in [-0.1, -0.05) is 11.2 Å². The number of anilines is 1. The van der Waals surface area contributed by atoms with Gasteiger partial charge in [0.25, 0.3) is 10.0 Å². The monoisotopic (exact) mass is 362 g/mol. The minimum atomic E-state index is -3.74. The Morgan fingerprint density at radius 1 is 1.04 bits per heavy atom. The summed E-state index contributed by atoms with van der Waals surface area (Å²) < 4.78 is 33.9. The van der Waals surface area contributed by atoms with E-state index in [1.165, 1.54) is 17.5 Å². The molecule has 3 aromatic rings. The molecule has 7 heteroatoms. The zero-order chi connectivity index (χ0) is 17.5. The lowest BCUT2D eigenvalue weighted by atomic mass is 10.1. The SMILES string of the molecule is Cc1cc(C)cc(NS(=O)(=O)c2c(C)sc(C)c2-c2ccno2)c1. The Bertz CT molecular complexity index is 967. The predicted molar refractivity (Wildman–Crippen MR) is 96.0 cm³/mol. The predicted octanol–water partition coefficient (Wildman–Crippen LogP) is 4.44. The lowest BCUT2D eigenvalue weighted by Crippen LogP contribution is -2.14. The number of nitrogens with zero attached hydrogens (tertiary/aromatic N) is 1. The second-order valence-electron chi connectivity index (χ2n) is 5.78. The normalized spacial score (nSPS) is 11.7. The third-order valence-corrected chi connectivity index (χ3v) is 6.33. The van der Waals surface area contributed by atoms with Gasteiger partial charge < -0.3 is 4.52 Å². The quantitative estimate of drug-likeness (QED) is 0.745. The van der Waals surface area contributed by atoms with Gasteiger partial charge in [-0.15, -0.1) is 11.3 Å². The van der Waals surface area contributed by atoms with Crippen molar-refractivity contribution in [1.29, 1.82) is 0 Å². The van der Waals surface area contributed by atoms with Gasteiger partial charge in [0.1, 0.15) is 4.90 Å². The average molecular weight is 362 g/mol. The summed E-state index contributed by atoms with van der Waals surface area (Å²) in [7, 11) is -3.74. The van der Waals surface area contributed by atoms with Gasteiger partial charge >= 0.3 is 0 Å². The van der Waals surface area contributed by atoms with E-state index in [1.807, 2.05) is 39.0 Å². The molecule has 2 aromatic heterocycles. The Balaban J connectivity index is 2.11. The van der Waals surface area contributed by atoms with Crippen LogP contribution in [0.3, 0.4) is 0 Å². The van der Waals surface area contributed by atoms with Crippen LogP contribution in [-0.2, 0) is 10.0 Å². The highest BCUT2D eigenvalue weighted by Gasteiger charge is 2.28. The van der Waals surface area contributed by atoms with Crippen LogP contribution in [0, 0.1) is 27.7 Å². The highest BCUT2D eigenvalue weighted by atomic mass is 32.2. The molecule has 0 fully saturated rings. The van der Waals surface area contributed by atoms with E-state index in [0.29, 0.717) is 17.0 Å². The molecule has 0 spiro atoms. The summed E-state index contributed by atoms with van der Waals surface area (Å²) in [6, 6.07) is 7.29. The van der Waals surface area contributed by atoms with Gasteiger partial charge in [-0.25, -0.2) is 8.42 Å². The Morgan fingerprint density at radius 2 is 1.71 bits per heavy atom. The minimum absolute atomic E-state index is 0.251. The number of aromatic nitrogens is 1. The maximum absolute atomic E-state index is 13.0. The van der Waals surface area contributed by atoms with Gasteiger partial charge in [-0.3, -0.25) is 4.72 Å². The number of nitrogens with one attached hydrogen (secondary N) is 1. The third-order valence-electron chi connectivity index (χ3n) is 3.63. The molecule has 1 N–H and O–H groups in total. The average Bonchev–Trinajstić information content (AvgIpc) is 3.04. The molecule has 0 amide bonds. The van der Waals surface area contributed by atoms with E-state index in [1.54, 1.807) is 13.0 Å². The minimum Gasteiger partial charge on any atom is -0.356 e. The number of thiophene rings is 1. The largest absolute Gasteiger partial charge is 0.356 e. The molecule has 0 radical (unpaired) electrons. The van der Waals surface area contributed by atoms with E-state index in [-0.39, 0.29) is 4.90 Å². The Kier molecular flexibility index (Phi) is 4.23. The number of sulfonamides is 1. The first-order chi connectivity index (χ1) is 11.3. The fourth-order valence-corrected chi connectivity index (χ4v) is 5.76. The molecular weight excluding hydrogens is 344 g/mol. The van der Waals surface area contributed by atoms with Crippen molar-refractivity contribution in [3.8, 4) is 11.3 Å². The summed E-state index contributed by atoms with van der Waals surface area (Å²) in [6.07, 6.45) is 1.51. The number of hydrogen-bond acceptors (Lipinski definition) is 5. The van der Waals surface area contributed by atoms with Crippen molar-refractivity contribution in [3.05, 3.63) is 51.3 Å². The van der Waals surface area contributed by atoms with Crippen LogP contribution in [0.4, 0.5) is 5.69 Å². The van der Waals surface area contributed by atoms with Gasteiger partial charge in [0.05, 0.1) is 11.8 Å². The van der Waals surface area contributed by atoms with Gasteiger partial charge in [-0.05, 0) is 51.0 Å². The maximum atomic E-state index is 13.0. The van der Waals surface area contributed by atoms with Gasteiger partial charge in [-0.2, -0.15) is 0 Å². The van der Waals surface area contributed by atoms with Crippen LogP contribution < -0.4 is 4.72 Å². The van der Waals surface area contributed by atoms with Crippen LogP contribution >= 0.6 is 11.3 Å². The Labute approximate surface area is 145 Å². The number of hydrogen-bond donors (Lipinski definition) is 1. The second-order valence-corrected chi connectivity index (χ2v) is 8.83. The molecule has 24 heavy (non-hydrogen) atoms. The van der Waals surface area contributed by atoms with Crippen LogP contribution in [0.2, 0.25) is 0 Å². The van der Waals surface area contributed by atoms with Crippen molar-refractivity contribution in [3.63, 3.8) is 0 Å². The third kappa shape index (κ3) is 3.09. The molecule has 0 saturated carbocycles. The summed E-state index contributed by atoms with van der Waals surface area (Å²) in [5.41, 5.74) is 3.13. The van der Waals surface area contributed by atoms with Gasteiger partial charge in [0, 0.05) is 21.5 Å². The van der Waals surface area contributed by atoms with Gasteiger partial charge in [0.2, 0.25) is 0 Å². The summed E-state index contributed by atoms with van der Waals surface area (Å²) in [5, 5.41) is 3.69. The molecule has 3 rings (SSSR count). The van der Waals surface area contributed by atoms with E-state index in [0.717, 1.165) is 20.9 Å². The van der Waals surface area contributed by atoms with E-state index in [9.17, 15) is 8.42 Å². The number of benzene rings is 1. The molecule has 0 saturated heterocycles.